The molecule has 1 aliphatic carbocycles. The van der Waals surface area contributed by atoms with Crippen LogP contribution in [0.15, 0.2) is 11.0 Å². The molecule has 0 spiro atoms. The van der Waals surface area contributed by atoms with Crippen LogP contribution in [0.1, 0.15) is 42.4 Å². The molecule has 0 aliphatic heterocycles. The van der Waals surface area contributed by atoms with Crippen LogP contribution in [-0.4, -0.2) is 32.9 Å². The lowest BCUT2D eigenvalue weighted by Gasteiger charge is -2.32. The van der Waals surface area contributed by atoms with Crippen molar-refractivity contribution >= 4 is 21.4 Å². The Balaban J connectivity index is 2.20. The van der Waals surface area contributed by atoms with Gasteiger partial charge in [-0.05, 0) is 51.6 Å². The molecule has 6 heteroatoms. The highest BCUT2D eigenvalue weighted by molar-refractivity contribution is 7.89. The Hall–Kier alpha value is -0.430. The van der Waals surface area contributed by atoms with Crippen molar-refractivity contribution in [1.82, 2.24) is 9.62 Å². The second-order valence-corrected chi connectivity index (χ2v) is 9.41. The van der Waals surface area contributed by atoms with E-state index < -0.39 is 10.0 Å². The van der Waals surface area contributed by atoms with E-state index in [1.54, 1.807) is 22.7 Å². The molecule has 1 heterocycles. The number of rotatable bonds is 5. The molecule has 0 atom stereocenters. The molecule has 0 aromatic carbocycles. The van der Waals surface area contributed by atoms with Crippen LogP contribution in [0.25, 0.3) is 0 Å². The second-order valence-electron chi connectivity index (χ2n) is 6.10. The lowest BCUT2D eigenvalue weighted by molar-refractivity contribution is 0.246. The van der Waals surface area contributed by atoms with E-state index in [1.165, 1.54) is 0 Å². The molecule has 1 aromatic heterocycles. The molecular formula is C15H26N2O2S2. The molecule has 1 fully saturated rings. The first-order valence-electron chi connectivity index (χ1n) is 7.58. The predicted octanol–water partition coefficient (Wildman–Crippen LogP) is 2.98. The van der Waals surface area contributed by atoms with Crippen molar-refractivity contribution in [1.29, 1.82) is 0 Å². The molecule has 120 valence electrons. The van der Waals surface area contributed by atoms with Crippen molar-refractivity contribution in [3.05, 3.63) is 15.8 Å². The highest BCUT2D eigenvalue weighted by atomic mass is 32.2. The van der Waals surface area contributed by atoms with Crippen LogP contribution in [0.2, 0.25) is 0 Å². The molecule has 0 amide bonds. The first kappa shape index (κ1) is 16.9. The molecule has 1 N–H and O–H groups in total. The minimum Gasteiger partial charge on any atom is -0.315 e. The van der Waals surface area contributed by atoms with Gasteiger partial charge in [-0.15, -0.1) is 11.3 Å². The SMILES string of the molecule is CNCc1cc(S(=O)(=O)N(C)C2CCC(C)CC2)c(C)s1. The Kier molecular flexibility index (Phi) is 5.46. The largest absolute Gasteiger partial charge is 0.315 e. The summed E-state index contributed by atoms with van der Waals surface area (Å²) >= 11 is 1.56. The lowest BCUT2D eigenvalue weighted by Crippen LogP contribution is -2.39. The van der Waals surface area contributed by atoms with Gasteiger partial charge < -0.3 is 5.32 Å². The Labute approximate surface area is 132 Å². The van der Waals surface area contributed by atoms with E-state index >= 15 is 0 Å². The van der Waals surface area contributed by atoms with Crippen LogP contribution in [0.3, 0.4) is 0 Å². The third-order valence-electron chi connectivity index (χ3n) is 4.43. The van der Waals surface area contributed by atoms with Gasteiger partial charge in [0.25, 0.3) is 0 Å². The number of thiophene rings is 1. The number of hydrogen-bond acceptors (Lipinski definition) is 4. The third-order valence-corrected chi connectivity index (χ3v) is 7.65. The summed E-state index contributed by atoms with van der Waals surface area (Å²) in [6.45, 7) is 4.86. The Bertz CT molecular complexity index is 572. The normalized spacial score (nSPS) is 23.7. The molecule has 4 nitrogen and oxygen atoms in total. The predicted molar refractivity (Wildman–Crippen MR) is 88.2 cm³/mol. The summed E-state index contributed by atoms with van der Waals surface area (Å²) in [6, 6.07) is 1.98. The molecule has 1 aromatic rings. The van der Waals surface area contributed by atoms with Gasteiger partial charge in [-0.2, -0.15) is 4.31 Å². The van der Waals surface area contributed by atoms with Gasteiger partial charge in [0.2, 0.25) is 10.0 Å². The van der Waals surface area contributed by atoms with Gasteiger partial charge in [0.15, 0.2) is 0 Å². The molecule has 1 aliphatic rings. The Morgan fingerprint density at radius 2 is 1.95 bits per heavy atom. The number of nitrogens with zero attached hydrogens (tertiary/aromatic N) is 1. The Morgan fingerprint density at radius 3 is 2.52 bits per heavy atom. The van der Waals surface area contributed by atoms with Crippen molar-refractivity contribution in [2.24, 2.45) is 5.92 Å². The number of aryl methyl sites for hydroxylation is 1. The highest BCUT2D eigenvalue weighted by Gasteiger charge is 2.32. The summed E-state index contributed by atoms with van der Waals surface area (Å²) in [4.78, 5) is 2.44. The van der Waals surface area contributed by atoms with Crippen LogP contribution in [-0.2, 0) is 16.6 Å². The average molecular weight is 331 g/mol. The average Bonchev–Trinajstić information content (AvgIpc) is 2.81. The van der Waals surface area contributed by atoms with E-state index in [-0.39, 0.29) is 6.04 Å². The van der Waals surface area contributed by atoms with E-state index in [4.69, 9.17) is 0 Å². The number of nitrogens with one attached hydrogen (secondary N) is 1. The van der Waals surface area contributed by atoms with E-state index in [0.717, 1.165) is 41.4 Å². The summed E-state index contributed by atoms with van der Waals surface area (Å²) in [5, 5.41) is 3.08. The highest BCUT2D eigenvalue weighted by Crippen LogP contribution is 2.32. The summed E-state index contributed by atoms with van der Waals surface area (Å²) in [5.74, 6) is 0.725. The second kappa shape index (κ2) is 6.77. The van der Waals surface area contributed by atoms with E-state index in [2.05, 4.69) is 12.2 Å². The lowest BCUT2D eigenvalue weighted by atomic mass is 9.87. The van der Waals surface area contributed by atoms with Gasteiger partial charge in [-0.1, -0.05) is 6.92 Å². The zero-order chi connectivity index (χ0) is 15.6. The molecule has 0 bridgehead atoms. The first-order valence-corrected chi connectivity index (χ1v) is 9.84. The fourth-order valence-corrected chi connectivity index (χ4v) is 6.03. The van der Waals surface area contributed by atoms with Crippen molar-refractivity contribution in [2.75, 3.05) is 14.1 Å². The van der Waals surface area contributed by atoms with Gasteiger partial charge in [0.1, 0.15) is 0 Å². The van der Waals surface area contributed by atoms with Gasteiger partial charge in [-0.25, -0.2) is 8.42 Å². The van der Waals surface area contributed by atoms with Gasteiger partial charge in [0, 0.05) is 29.4 Å². The Morgan fingerprint density at radius 1 is 1.33 bits per heavy atom. The van der Waals surface area contributed by atoms with E-state index in [9.17, 15) is 8.42 Å². The molecule has 2 rings (SSSR count). The van der Waals surface area contributed by atoms with Gasteiger partial charge in [-0.3, -0.25) is 0 Å². The van der Waals surface area contributed by atoms with Crippen LogP contribution >= 0.6 is 11.3 Å². The summed E-state index contributed by atoms with van der Waals surface area (Å²) in [6.07, 6.45) is 4.20. The topological polar surface area (TPSA) is 49.4 Å². The first-order chi connectivity index (χ1) is 9.86. The van der Waals surface area contributed by atoms with Gasteiger partial charge in [0.05, 0.1) is 4.90 Å². The van der Waals surface area contributed by atoms with Crippen LogP contribution in [0.5, 0.6) is 0 Å². The van der Waals surface area contributed by atoms with Crippen molar-refractivity contribution in [3.8, 4) is 0 Å². The maximum atomic E-state index is 12.9. The maximum absolute atomic E-state index is 12.9. The van der Waals surface area contributed by atoms with Crippen LogP contribution in [0, 0.1) is 12.8 Å². The van der Waals surface area contributed by atoms with Gasteiger partial charge >= 0.3 is 0 Å². The quantitative estimate of drug-likeness (QED) is 0.903. The summed E-state index contributed by atoms with van der Waals surface area (Å²) in [7, 11) is 0.246. The smallest absolute Gasteiger partial charge is 0.244 e. The van der Waals surface area contributed by atoms with Crippen molar-refractivity contribution in [3.63, 3.8) is 0 Å². The molecule has 0 radical (unpaired) electrons. The molecule has 0 unspecified atom stereocenters. The standard InChI is InChI=1S/C15H26N2O2S2/c1-11-5-7-13(8-6-11)17(4)21(18,19)15-9-14(10-16-3)20-12(15)2/h9,11,13,16H,5-8,10H2,1-4H3. The van der Waals surface area contributed by atoms with Crippen LogP contribution in [0.4, 0.5) is 0 Å². The summed E-state index contributed by atoms with van der Waals surface area (Å²) in [5.41, 5.74) is 0. The van der Waals surface area contributed by atoms with Crippen molar-refractivity contribution in [2.45, 2.75) is 57.0 Å². The minimum atomic E-state index is -3.37. The molecule has 21 heavy (non-hydrogen) atoms. The zero-order valence-corrected chi connectivity index (χ0v) is 15.0. The fraction of sp³-hybridized carbons (Fsp3) is 0.733. The monoisotopic (exact) mass is 330 g/mol. The maximum Gasteiger partial charge on any atom is 0.244 e. The number of hydrogen-bond donors (Lipinski definition) is 1. The zero-order valence-electron chi connectivity index (χ0n) is 13.3. The minimum absolute atomic E-state index is 0.151. The van der Waals surface area contributed by atoms with Crippen molar-refractivity contribution < 1.29 is 8.42 Å². The van der Waals surface area contributed by atoms with E-state index in [0.29, 0.717) is 11.4 Å². The molecule has 1 saturated carbocycles. The van der Waals surface area contributed by atoms with Crippen LogP contribution < -0.4 is 5.32 Å². The third kappa shape index (κ3) is 3.67. The molecular weight excluding hydrogens is 304 g/mol. The fourth-order valence-electron chi connectivity index (χ4n) is 3.00. The molecule has 0 saturated heterocycles. The summed E-state index contributed by atoms with van der Waals surface area (Å²) < 4.78 is 27.3. The number of sulfonamides is 1. The van der Waals surface area contributed by atoms with E-state index in [1.807, 2.05) is 20.0 Å².